The molecular formula is C24H23N7O3. The van der Waals surface area contributed by atoms with Crippen molar-refractivity contribution in [3.63, 3.8) is 0 Å². The minimum absolute atomic E-state index is 0.0445. The molecule has 4 heterocycles. The number of nitrogens with zero attached hydrogens (tertiary/aromatic N) is 5. The third-order valence-electron chi connectivity index (χ3n) is 5.77. The number of morpholine rings is 1. The Morgan fingerprint density at radius 2 is 1.94 bits per heavy atom. The van der Waals surface area contributed by atoms with E-state index >= 15 is 0 Å². The van der Waals surface area contributed by atoms with Crippen molar-refractivity contribution in [2.24, 2.45) is 0 Å². The van der Waals surface area contributed by atoms with Gasteiger partial charge in [-0.1, -0.05) is 18.2 Å². The Hall–Kier alpha value is -4.31. The van der Waals surface area contributed by atoms with Crippen LogP contribution in [0.4, 0.5) is 11.6 Å². The van der Waals surface area contributed by atoms with Gasteiger partial charge in [0.05, 0.1) is 13.2 Å². The second kappa shape index (κ2) is 8.91. The number of ether oxygens (including phenoxy) is 1. The van der Waals surface area contributed by atoms with E-state index in [2.05, 4.69) is 15.3 Å². The molecule has 1 saturated heterocycles. The zero-order chi connectivity index (χ0) is 23.7. The van der Waals surface area contributed by atoms with Crippen molar-refractivity contribution in [2.75, 3.05) is 30.8 Å². The Morgan fingerprint density at radius 1 is 1.12 bits per heavy atom. The summed E-state index contributed by atoms with van der Waals surface area (Å²) in [4.78, 5) is 39.8. The molecule has 0 spiro atoms. The number of pyridine rings is 1. The van der Waals surface area contributed by atoms with Crippen LogP contribution in [-0.2, 0) is 9.53 Å². The standard InChI is InChI=1S/C24H23N7O3/c1-15(32)30-12-13-34-14-18(30)23-29-20(21-22(25)27-10-11-31(21)23)16-5-7-17(8-6-16)24(33)28-19-4-2-3-9-26-19/h2-11,18H,12-14H2,1H3,(H2,25,27)(H,26,28,33). The molecule has 5 rings (SSSR count). The van der Waals surface area contributed by atoms with Gasteiger partial charge in [0.1, 0.15) is 34.7 Å². The number of amides is 2. The second-order valence-electron chi connectivity index (χ2n) is 7.90. The molecule has 1 fully saturated rings. The molecule has 1 aromatic carbocycles. The van der Waals surface area contributed by atoms with Gasteiger partial charge in [-0.3, -0.25) is 14.0 Å². The van der Waals surface area contributed by atoms with Crippen LogP contribution in [0, 0.1) is 0 Å². The van der Waals surface area contributed by atoms with Crippen LogP contribution < -0.4 is 11.1 Å². The molecular weight excluding hydrogens is 434 g/mol. The summed E-state index contributed by atoms with van der Waals surface area (Å²) in [5.74, 6) is 1.13. The van der Waals surface area contributed by atoms with Crippen LogP contribution in [0.3, 0.4) is 0 Å². The topological polar surface area (TPSA) is 128 Å². The first-order valence-corrected chi connectivity index (χ1v) is 10.8. The van der Waals surface area contributed by atoms with E-state index in [0.29, 0.717) is 54.0 Å². The molecule has 3 N–H and O–H groups in total. The van der Waals surface area contributed by atoms with Gasteiger partial charge in [-0.15, -0.1) is 0 Å². The van der Waals surface area contributed by atoms with Crippen molar-refractivity contribution >= 4 is 29.0 Å². The monoisotopic (exact) mass is 457 g/mol. The first-order valence-electron chi connectivity index (χ1n) is 10.8. The SMILES string of the molecule is CC(=O)N1CCOCC1c1nc(-c2ccc(C(=O)Nc3ccccn3)cc2)c2c(N)nccn12. The number of aromatic nitrogens is 4. The molecule has 2 amide bonds. The van der Waals surface area contributed by atoms with E-state index in [9.17, 15) is 9.59 Å². The largest absolute Gasteiger partial charge is 0.382 e. The molecule has 0 radical (unpaired) electrons. The molecule has 10 heteroatoms. The first-order chi connectivity index (χ1) is 16.5. The summed E-state index contributed by atoms with van der Waals surface area (Å²) < 4.78 is 7.51. The molecule has 1 aliphatic heterocycles. The maximum absolute atomic E-state index is 12.6. The summed E-state index contributed by atoms with van der Waals surface area (Å²) >= 11 is 0. The lowest BCUT2D eigenvalue weighted by molar-refractivity contribution is -0.138. The summed E-state index contributed by atoms with van der Waals surface area (Å²) in [5.41, 5.74) is 8.74. The van der Waals surface area contributed by atoms with Crippen molar-refractivity contribution in [1.82, 2.24) is 24.3 Å². The Morgan fingerprint density at radius 3 is 2.68 bits per heavy atom. The number of anilines is 2. The van der Waals surface area contributed by atoms with Gasteiger partial charge >= 0.3 is 0 Å². The van der Waals surface area contributed by atoms with Gasteiger partial charge in [0.15, 0.2) is 0 Å². The van der Waals surface area contributed by atoms with Crippen LogP contribution >= 0.6 is 0 Å². The normalized spacial score (nSPS) is 15.9. The molecule has 0 aliphatic carbocycles. The highest BCUT2D eigenvalue weighted by Crippen LogP contribution is 2.33. The second-order valence-corrected chi connectivity index (χ2v) is 7.90. The lowest BCUT2D eigenvalue weighted by Gasteiger charge is -2.34. The van der Waals surface area contributed by atoms with Crippen molar-refractivity contribution in [1.29, 1.82) is 0 Å². The number of hydrogen-bond donors (Lipinski definition) is 2. The van der Waals surface area contributed by atoms with Crippen LogP contribution in [0.2, 0.25) is 0 Å². The molecule has 3 aromatic heterocycles. The molecule has 10 nitrogen and oxygen atoms in total. The Balaban J connectivity index is 1.51. The van der Waals surface area contributed by atoms with Crippen molar-refractivity contribution in [3.05, 3.63) is 72.4 Å². The predicted molar refractivity (Wildman–Crippen MR) is 126 cm³/mol. The number of nitrogen functional groups attached to an aromatic ring is 1. The van der Waals surface area contributed by atoms with E-state index in [-0.39, 0.29) is 17.9 Å². The van der Waals surface area contributed by atoms with Crippen LogP contribution in [-0.4, -0.2) is 55.8 Å². The zero-order valence-electron chi connectivity index (χ0n) is 18.5. The average Bonchev–Trinajstić information content (AvgIpc) is 3.25. The van der Waals surface area contributed by atoms with E-state index < -0.39 is 0 Å². The molecule has 34 heavy (non-hydrogen) atoms. The van der Waals surface area contributed by atoms with E-state index in [1.165, 1.54) is 0 Å². The molecule has 1 unspecified atom stereocenters. The average molecular weight is 457 g/mol. The summed E-state index contributed by atoms with van der Waals surface area (Å²) in [6.07, 6.45) is 4.99. The molecule has 1 aliphatic rings. The van der Waals surface area contributed by atoms with Crippen LogP contribution in [0.1, 0.15) is 29.1 Å². The van der Waals surface area contributed by atoms with E-state index in [4.69, 9.17) is 15.5 Å². The summed E-state index contributed by atoms with van der Waals surface area (Å²) in [7, 11) is 0. The minimum Gasteiger partial charge on any atom is -0.382 e. The van der Waals surface area contributed by atoms with Gasteiger partial charge in [0.2, 0.25) is 5.91 Å². The van der Waals surface area contributed by atoms with Crippen molar-refractivity contribution in [2.45, 2.75) is 13.0 Å². The number of rotatable bonds is 4. The predicted octanol–water partition coefficient (Wildman–Crippen LogP) is 2.55. The lowest BCUT2D eigenvalue weighted by atomic mass is 10.1. The highest BCUT2D eigenvalue weighted by molar-refractivity contribution is 6.04. The first kappa shape index (κ1) is 21.5. The van der Waals surface area contributed by atoms with Crippen molar-refractivity contribution < 1.29 is 14.3 Å². The fourth-order valence-electron chi connectivity index (χ4n) is 4.12. The van der Waals surface area contributed by atoms with Gasteiger partial charge in [0, 0.05) is 43.2 Å². The number of carbonyl (C=O) groups is 2. The van der Waals surface area contributed by atoms with E-state index in [1.807, 2.05) is 16.5 Å². The quantitative estimate of drug-likeness (QED) is 0.482. The number of imidazole rings is 1. The third-order valence-corrected chi connectivity index (χ3v) is 5.77. The molecule has 0 bridgehead atoms. The van der Waals surface area contributed by atoms with Crippen LogP contribution in [0.5, 0.6) is 0 Å². The summed E-state index contributed by atoms with van der Waals surface area (Å²) in [6, 6.07) is 12.0. The van der Waals surface area contributed by atoms with Gasteiger partial charge in [-0.05, 0) is 24.3 Å². The number of fused-ring (bicyclic) bond motifs is 1. The minimum atomic E-state index is -0.349. The highest BCUT2D eigenvalue weighted by atomic mass is 16.5. The Labute approximate surface area is 195 Å². The molecule has 172 valence electrons. The zero-order valence-corrected chi connectivity index (χ0v) is 18.5. The number of nitrogens with one attached hydrogen (secondary N) is 1. The van der Waals surface area contributed by atoms with Crippen LogP contribution in [0.15, 0.2) is 61.1 Å². The number of hydrogen-bond acceptors (Lipinski definition) is 7. The summed E-state index contributed by atoms with van der Waals surface area (Å²) in [5, 5.41) is 2.77. The molecule has 0 saturated carbocycles. The summed E-state index contributed by atoms with van der Waals surface area (Å²) in [6.45, 7) is 2.86. The van der Waals surface area contributed by atoms with Crippen molar-refractivity contribution in [3.8, 4) is 11.3 Å². The molecule has 1 atom stereocenters. The molecule has 4 aromatic rings. The van der Waals surface area contributed by atoms with Crippen LogP contribution in [0.25, 0.3) is 16.8 Å². The fourth-order valence-corrected chi connectivity index (χ4v) is 4.12. The van der Waals surface area contributed by atoms with Gasteiger partial charge in [0.25, 0.3) is 5.91 Å². The maximum atomic E-state index is 12.6. The number of carbonyl (C=O) groups excluding carboxylic acids is 2. The Kier molecular flexibility index (Phi) is 5.64. The van der Waals surface area contributed by atoms with E-state index in [0.717, 1.165) is 5.56 Å². The van der Waals surface area contributed by atoms with Gasteiger partial charge < -0.3 is 20.7 Å². The number of nitrogens with two attached hydrogens (primary N) is 1. The van der Waals surface area contributed by atoms with Gasteiger partial charge in [-0.25, -0.2) is 15.0 Å². The van der Waals surface area contributed by atoms with Gasteiger partial charge in [-0.2, -0.15) is 0 Å². The fraction of sp³-hybridized carbons (Fsp3) is 0.208. The lowest BCUT2D eigenvalue weighted by Crippen LogP contribution is -2.43. The smallest absolute Gasteiger partial charge is 0.256 e. The maximum Gasteiger partial charge on any atom is 0.256 e. The third kappa shape index (κ3) is 3.95. The number of benzene rings is 1. The van der Waals surface area contributed by atoms with E-state index in [1.54, 1.807) is 60.7 Å². The highest BCUT2D eigenvalue weighted by Gasteiger charge is 2.31. The Bertz CT molecular complexity index is 1350.